The molecule has 5 heteroatoms. The van der Waals surface area contributed by atoms with E-state index in [0.717, 1.165) is 0 Å². The first kappa shape index (κ1) is 11.9. The molecule has 1 aliphatic heterocycles. The number of aliphatic hydroxyl groups excluding tert-OH is 2. The Morgan fingerprint density at radius 3 is 2.76 bits per heavy atom. The molecule has 2 rings (SSSR count). The summed E-state index contributed by atoms with van der Waals surface area (Å²) in [6.45, 7) is 0.483. The molecule has 0 fully saturated rings. The highest BCUT2D eigenvalue weighted by Gasteiger charge is 2.13. The Labute approximate surface area is 99.3 Å². The van der Waals surface area contributed by atoms with Crippen LogP contribution in [-0.2, 0) is 0 Å². The molecular formula is C12H15NO4. The Bertz CT molecular complexity index is 405. The molecule has 1 aromatic rings. The van der Waals surface area contributed by atoms with E-state index in [4.69, 9.17) is 19.7 Å². The maximum atomic E-state index is 9.14. The number of hydrogen-bond donors (Lipinski definition) is 3. The molecule has 17 heavy (non-hydrogen) atoms. The molecule has 0 amide bonds. The van der Waals surface area contributed by atoms with E-state index in [1.165, 1.54) is 6.26 Å². The van der Waals surface area contributed by atoms with E-state index >= 15 is 0 Å². The van der Waals surface area contributed by atoms with Crippen LogP contribution in [0.25, 0.3) is 0 Å². The number of aliphatic hydroxyl groups is 2. The lowest BCUT2D eigenvalue weighted by atomic mass is 10.3. The summed E-state index contributed by atoms with van der Waals surface area (Å²) in [5.41, 5.74) is 0. The van der Waals surface area contributed by atoms with Crippen molar-refractivity contribution in [3.8, 4) is 11.5 Å². The average molecular weight is 237 g/mol. The van der Waals surface area contributed by atoms with Gasteiger partial charge in [0.1, 0.15) is 6.26 Å². The summed E-state index contributed by atoms with van der Waals surface area (Å²) in [4.78, 5) is 0. The molecule has 0 aliphatic carbocycles. The van der Waals surface area contributed by atoms with Crippen LogP contribution in [-0.4, -0.2) is 36.0 Å². The zero-order valence-electron chi connectivity index (χ0n) is 9.30. The second-order valence-electron chi connectivity index (χ2n) is 3.72. The van der Waals surface area contributed by atoms with Gasteiger partial charge in [0, 0.05) is 6.54 Å². The van der Waals surface area contributed by atoms with Crippen molar-refractivity contribution in [3.05, 3.63) is 36.3 Å². The summed E-state index contributed by atoms with van der Waals surface area (Å²) in [6, 6.07) is 7.39. The van der Waals surface area contributed by atoms with Gasteiger partial charge in [0.2, 0.25) is 0 Å². The first-order valence-electron chi connectivity index (χ1n) is 5.42. The van der Waals surface area contributed by atoms with Gasteiger partial charge >= 0.3 is 0 Å². The van der Waals surface area contributed by atoms with Crippen LogP contribution < -0.4 is 14.8 Å². The van der Waals surface area contributed by atoms with Crippen molar-refractivity contribution in [1.29, 1.82) is 0 Å². The molecule has 0 saturated heterocycles. The van der Waals surface area contributed by atoms with Crippen molar-refractivity contribution >= 4 is 0 Å². The van der Waals surface area contributed by atoms with Gasteiger partial charge in [-0.15, -0.1) is 0 Å². The first-order chi connectivity index (χ1) is 8.29. The van der Waals surface area contributed by atoms with Gasteiger partial charge in [-0.1, -0.05) is 12.1 Å². The Hall–Kier alpha value is -1.56. The highest BCUT2D eigenvalue weighted by atomic mass is 16.6. The maximum Gasteiger partial charge on any atom is 0.169 e. The monoisotopic (exact) mass is 237 g/mol. The van der Waals surface area contributed by atoms with Gasteiger partial charge in [-0.3, -0.25) is 0 Å². The fourth-order valence-electron chi connectivity index (χ4n) is 1.43. The lowest BCUT2D eigenvalue weighted by Crippen LogP contribution is -2.31. The molecule has 92 valence electrons. The Balaban J connectivity index is 1.83. The minimum Gasteiger partial charge on any atom is -0.457 e. The SMILES string of the molecule is OCC(O)CNCC1=COc2ccccc2O1. The second-order valence-corrected chi connectivity index (χ2v) is 3.72. The van der Waals surface area contributed by atoms with Crippen molar-refractivity contribution < 1.29 is 19.7 Å². The molecule has 1 atom stereocenters. The predicted octanol–water partition coefficient (Wildman–Crippen LogP) is 0.242. The third-order valence-electron chi connectivity index (χ3n) is 2.30. The number of nitrogens with one attached hydrogen (secondary N) is 1. The van der Waals surface area contributed by atoms with Gasteiger partial charge < -0.3 is 25.0 Å². The highest BCUT2D eigenvalue weighted by molar-refractivity contribution is 5.42. The molecule has 1 aromatic carbocycles. The third-order valence-corrected chi connectivity index (χ3v) is 2.30. The number of fused-ring (bicyclic) bond motifs is 1. The smallest absolute Gasteiger partial charge is 0.169 e. The quantitative estimate of drug-likeness (QED) is 0.684. The number of para-hydroxylation sites is 2. The molecule has 0 saturated carbocycles. The van der Waals surface area contributed by atoms with Gasteiger partial charge in [-0.25, -0.2) is 0 Å². The van der Waals surface area contributed by atoms with E-state index in [2.05, 4.69) is 5.32 Å². The van der Waals surface area contributed by atoms with Crippen LogP contribution in [0.3, 0.4) is 0 Å². The Morgan fingerprint density at radius 1 is 1.24 bits per heavy atom. The van der Waals surface area contributed by atoms with Gasteiger partial charge in [0.25, 0.3) is 0 Å². The molecular weight excluding hydrogens is 222 g/mol. The van der Waals surface area contributed by atoms with E-state index in [0.29, 0.717) is 30.3 Å². The summed E-state index contributed by atoms with van der Waals surface area (Å²) < 4.78 is 11.0. The normalized spacial score (nSPS) is 15.3. The van der Waals surface area contributed by atoms with Crippen LogP contribution in [0, 0.1) is 0 Å². The molecule has 0 spiro atoms. The second kappa shape index (κ2) is 5.67. The fourth-order valence-corrected chi connectivity index (χ4v) is 1.43. The largest absolute Gasteiger partial charge is 0.457 e. The molecule has 0 radical (unpaired) electrons. The maximum absolute atomic E-state index is 9.14. The number of ether oxygens (including phenoxy) is 2. The van der Waals surface area contributed by atoms with Crippen molar-refractivity contribution in [2.24, 2.45) is 0 Å². The number of rotatable bonds is 5. The van der Waals surface area contributed by atoms with Crippen molar-refractivity contribution in [2.75, 3.05) is 19.7 Å². The minimum absolute atomic E-state index is 0.258. The van der Waals surface area contributed by atoms with E-state index < -0.39 is 6.10 Å². The van der Waals surface area contributed by atoms with E-state index in [1.54, 1.807) is 0 Å². The van der Waals surface area contributed by atoms with E-state index in [9.17, 15) is 0 Å². The zero-order valence-corrected chi connectivity index (χ0v) is 9.30. The summed E-state index contributed by atoms with van der Waals surface area (Å²) in [7, 11) is 0. The Kier molecular flexibility index (Phi) is 3.98. The molecule has 1 aliphatic rings. The lowest BCUT2D eigenvalue weighted by molar-refractivity contribution is 0.0945. The van der Waals surface area contributed by atoms with Gasteiger partial charge in [0.05, 0.1) is 19.3 Å². The van der Waals surface area contributed by atoms with Crippen LogP contribution in [0.2, 0.25) is 0 Å². The summed E-state index contributed by atoms with van der Waals surface area (Å²) in [6.07, 6.45) is 0.771. The van der Waals surface area contributed by atoms with Crippen LogP contribution in [0.4, 0.5) is 0 Å². The average Bonchev–Trinajstić information content (AvgIpc) is 2.38. The van der Waals surface area contributed by atoms with Gasteiger partial charge in [-0.2, -0.15) is 0 Å². The molecule has 0 aromatic heterocycles. The molecule has 1 unspecified atom stereocenters. The number of hydrogen-bond acceptors (Lipinski definition) is 5. The lowest BCUT2D eigenvalue weighted by Gasteiger charge is -2.18. The summed E-state index contributed by atoms with van der Waals surface area (Å²) >= 11 is 0. The number of benzene rings is 1. The zero-order chi connectivity index (χ0) is 12.1. The van der Waals surface area contributed by atoms with Gasteiger partial charge in [-0.05, 0) is 12.1 Å². The Morgan fingerprint density at radius 2 is 2.00 bits per heavy atom. The summed E-state index contributed by atoms with van der Waals surface area (Å²) in [5, 5.41) is 20.7. The topological polar surface area (TPSA) is 71.0 Å². The van der Waals surface area contributed by atoms with Crippen LogP contribution in [0.15, 0.2) is 36.3 Å². The third kappa shape index (κ3) is 3.20. The minimum atomic E-state index is -0.757. The molecule has 1 heterocycles. The molecule has 0 bridgehead atoms. The van der Waals surface area contributed by atoms with Crippen LogP contribution in [0.1, 0.15) is 0 Å². The van der Waals surface area contributed by atoms with Crippen molar-refractivity contribution in [2.45, 2.75) is 6.10 Å². The fraction of sp³-hybridized carbons (Fsp3) is 0.333. The van der Waals surface area contributed by atoms with Crippen molar-refractivity contribution in [1.82, 2.24) is 5.32 Å². The molecule has 5 nitrogen and oxygen atoms in total. The van der Waals surface area contributed by atoms with Crippen LogP contribution >= 0.6 is 0 Å². The van der Waals surface area contributed by atoms with Gasteiger partial charge in [0.15, 0.2) is 17.3 Å². The van der Waals surface area contributed by atoms with Crippen molar-refractivity contribution in [3.63, 3.8) is 0 Å². The standard InChI is InChI=1S/C12H15NO4/c14-7-9(15)5-13-6-10-8-16-11-3-1-2-4-12(11)17-10/h1-4,8-9,13-15H,5-7H2. The highest BCUT2D eigenvalue weighted by Crippen LogP contribution is 2.31. The van der Waals surface area contributed by atoms with Crippen LogP contribution in [0.5, 0.6) is 11.5 Å². The summed E-state index contributed by atoms with van der Waals surface area (Å²) in [5.74, 6) is 2.00. The van der Waals surface area contributed by atoms with E-state index in [1.807, 2.05) is 24.3 Å². The first-order valence-corrected chi connectivity index (χ1v) is 5.42. The predicted molar refractivity (Wildman–Crippen MR) is 61.7 cm³/mol. The molecule has 3 N–H and O–H groups in total. The van der Waals surface area contributed by atoms with E-state index in [-0.39, 0.29) is 6.61 Å².